The van der Waals surface area contributed by atoms with Gasteiger partial charge in [-0.2, -0.15) is 0 Å². The summed E-state index contributed by atoms with van der Waals surface area (Å²) < 4.78 is 7.82. The van der Waals surface area contributed by atoms with E-state index in [9.17, 15) is 0 Å². The van der Waals surface area contributed by atoms with Gasteiger partial charge in [-0.05, 0) is 25.0 Å². The maximum atomic E-state index is 5.74. The van der Waals surface area contributed by atoms with E-state index >= 15 is 0 Å². The molecule has 0 amide bonds. The molecule has 0 spiro atoms. The average molecular weight is 236 g/mol. The van der Waals surface area contributed by atoms with Gasteiger partial charge >= 0.3 is 0 Å². The molecule has 0 bridgehead atoms. The molecule has 17 heavy (non-hydrogen) atoms. The molecule has 1 fully saturated rings. The maximum absolute atomic E-state index is 5.74. The summed E-state index contributed by atoms with van der Waals surface area (Å²) >= 11 is 0. The van der Waals surface area contributed by atoms with Crippen LogP contribution in [0.25, 0.3) is 0 Å². The third-order valence-corrected chi connectivity index (χ3v) is 3.99. The minimum absolute atomic E-state index is 0.255. The van der Waals surface area contributed by atoms with E-state index in [0.29, 0.717) is 12.1 Å². The number of hydrogen-bond donors (Lipinski definition) is 1. The Bertz CT molecular complexity index is 370. The summed E-state index contributed by atoms with van der Waals surface area (Å²) in [7, 11) is 2.06. The Balaban J connectivity index is 1.82. The molecule has 1 saturated carbocycles. The smallest absolute Gasteiger partial charge is 0.0655 e. The van der Waals surface area contributed by atoms with E-state index in [-0.39, 0.29) is 5.41 Å². The Morgan fingerprint density at radius 1 is 1.53 bits per heavy atom. The van der Waals surface area contributed by atoms with Gasteiger partial charge in [0.25, 0.3) is 0 Å². The van der Waals surface area contributed by atoms with Crippen molar-refractivity contribution in [3.05, 3.63) is 24.0 Å². The van der Waals surface area contributed by atoms with Crippen LogP contribution in [0.1, 0.15) is 32.8 Å². The molecule has 1 N–H and O–H groups in total. The van der Waals surface area contributed by atoms with Crippen molar-refractivity contribution in [1.29, 1.82) is 0 Å². The highest BCUT2D eigenvalue weighted by Crippen LogP contribution is 2.42. The molecule has 1 aliphatic rings. The number of aromatic nitrogens is 1. The Morgan fingerprint density at radius 2 is 2.29 bits per heavy atom. The van der Waals surface area contributed by atoms with Gasteiger partial charge in [0.1, 0.15) is 0 Å². The molecule has 2 unspecified atom stereocenters. The van der Waals surface area contributed by atoms with Crippen molar-refractivity contribution in [2.75, 3.05) is 6.61 Å². The van der Waals surface area contributed by atoms with Crippen molar-refractivity contribution < 1.29 is 4.74 Å². The first-order chi connectivity index (χ1) is 8.04. The van der Waals surface area contributed by atoms with Crippen LogP contribution < -0.4 is 5.32 Å². The molecule has 3 heteroatoms. The fourth-order valence-electron chi connectivity index (χ4n) is 2.62. The fourth-order valence-corrected chi connectivity index (χ4v) is 2.62. The van der Waals surface area contributed by atoms with Gasteiger partial charge in [-0.3, -0.25) is 0 Å². The van der Waals surface area contributed by atoms with E-state index in [1.165, 1.54) is 5.56 Å². The molecular formula is C14H24N2O. The molecule has 3 nitrogen and oxygen atoms in total. The number of nitrogens with one attached hydrogen (secondary N) is 1. The lowest BCUT2D eigenvalue weighted by atomic mass is 9.64. The van der Waals surface area contributed by atoms with Gasteiger partial charge in [0.05, 0.1) is 6.10 Å². The normalized spacial score (nSPS) is 26.8. The van der Waals surface area contributed by atoms with Gasteiger partial charge in [0, 0.05) is 44.0 Å². The van der Waals surface area contributed by atoms with E-state index in [4.69, 9.17) is 4.74 Å². The van der Waals surface area contributed by atoms with Gasteiger partial charge in [-0.1, -0.05) is 13.8 Å². The minimum Gasteiger partial charge on any atom is -0.378 e. The number of aryl methyl sites for hydroxylation is 1. The van der Waals surface area contributed by atoms with E-state index < -0.39 is 0 Å². The molecule has 0 aromatic carbocycles. The zero-order valence-electron chi connectivity index (χ0n) is 11.4. The summed E-state index contributed by atoms with van der Waals surface area (Å²) in [4.78, 5) is 0. The average Bonchev–Trinajstić information content (AvgIpc) is 2.68. The molecule has 1 heterocycles. The number of hydrogen-bond acceptors (Lipinski definition) is 2. The van der Waals surface area contributed by atoms with Crippen molar-refractivity contribution in [3.8, 4) is 0 Å². The zero-order chi connectivity index (χ0) is 12.5. The Labute approximate surface area is 104 Å². The lowest BCUT2D eigenvalue weighted by Gasteiger charge is -2.52. The van der Waals surface area contributed by atoms with Gasteiger partial charge < -0.3 is 14.6 Å². The van der Waals surface area contributed by atoms with Crippen LogP contribution in [0.3, 0.4) is 0 Å². The van der Waals surface area contributed by atoms with Crippen LogP contribution in [0.4, 0.5) is 0 Å². The van der Waals surface area contributed by atoms with Crippen molar-refractivity contribution in [1.82, 2.24) is 9.88 Å². The summed E-state index contributed by atoms with van der Waals surface area (Å²) in [6.07, 6.45) is 5.80. The van der Waals surface area contributed by atoms with Crippen molar-refractivity contribution in [3.63, 3.8) is 0 Å². The second-order valence-electron chi connectivity index (χ2n) is 5.62. The molecule has 0 radical (unpaired) electrons. The fraction of sp³-hybridized carbons (Fsp3) is 0.714. The second kappa shape index (κ2) is 4.83. The highest BCUT2D eigenvalue weighted by atomic mass is 16.5. The van der Waals surface area contributed by atoms with Gasteiger partial charge in [-0.15, -0.1) is 0 Å². The summed E-state index contributed by atoms with van der Waals surface area (Å²) in [6, 6.07) is 2.73. The van der Waals surface area contributed by atoms with Crippen molar-refractivity contribution in [2.45, 2.75) is 45.9 Å². The monoisotopic (exact) mass is 236 g/mol. The van der Waals surface area contributed by atoms with E-state index in [0.717, 1.165) is 19.6 Å². The summed E-state index contributed by atoms with van der Waals surface area (Å²) in [5.41, 5.74) is 1.60. The van der Waals surface area contributed by atoms with Crippen LogP contribution in [-0.4, -0.2) is 23.3 Å². The molecule has 2 atom stereocenters. The summed E-state index contributed by atoms with van der Waals surface area (Å²) in [5.74, 6) is 0. The highest BCUT2D eigenvalue weighted by molar-refractivity contribution is 5.11. The highest BCUT2D eigenvalue weighted by Gasteiger charge is 2.48. The summed E-state index contributed by atoms with van der Waals surface area (Å²) in [5, 5.41) is 3.63. The van der Waals surface area contributed by atoms with Crippen LogP contribution in [0.2, 0.25) is 0 Å². The predicted octanol–water partition coefficient (Wildman–Crippen LogP) is 2.32. The van der Waals surface area contributed by atoms with Crippen LogP contribution in [0.15, 0.2) is 18.5 Å². The topological polar surface area (TPSA) is 26.2 Å². The first kappa shape index (κ1) is 12.7. The minimum atomic E-state index is 0.255. The molecule has 0 saturated heterocycles. The third-order valence-electron chi connectivity index (χ3n) is 3.99. The number of ether oxygens (including phenoxy) is 1. The molecular weight excluding hydrogens is 212 g/mol. The largest absolute Gasteiger partial charge is 0.378 e. The van der Waals surface area contributed by atoms with E-state index in [2.05, 4.69) is 56.2 Å². The standard InChI is InChI=1S/C14H24N2O/c1-5-17-13-8-12(14(13,2)3)15-9-11-6-7-16(4)10-11/h6-7,10,12-13,15H,5,8-9H2,1-4H3. The second-order valence-corrected chi connectivity index (χ2v) is 5.62. The van der Waals surface area contributed by atoms with Gasteiger partial charge in [0.15, 0.2) is 0 Å². The Kier molecular flexibility index (Phi) is 3.59. The van der Waals surface area contributed by atoms with Crippen molar-refractivity contribution in [2.24, 2.45) is 12.5 Å². The molecule has 1 aromatic heterocycles. The molecule has 1 aromatic rings. The molecule has 2 rings (SSSR count). The predicted molar refractivity (Wildman–Crippen MR) is 69.9 cm³/mol. The van der Waals surface area contributed by atoms with Crippen LogP contribution in [0, 0.1) is 5.41 Å². The lowest BCUT2D eigenvalue weighted by Crippen LogP contribution is -2.60. The maximum Gasteiger partial charge on any atom is 0.0655 e. The first-order valence-corrected chi connectivity index (χ1v) is 6.50. The van der Waals surface area contributed by atoms with Crippen molar-refractivity contribution >= 4 is 0 Å². The number of rotatable bonds is 5. The number of nitrogens with zero attached hydrogens (tertiary/aromatic N) is 1. The van der Waals surface area contributed by atoms with Gasteiger partial charge in [-0.25, -0.2) is 0 Å². The van der Waals surface area contributed by atoms with Crippen LogP contribution in [-0.2, 0) is 18.3 Å². The quantitative estimate of drug-likeness (QED) is 0.849. The lowest BCUT2D eigenvalue weighted by molar-refractivity contribution is -0.114. The van der Waals surface area contributed by atoms with Crippen LogP contribution in [0.5, 0.6) is 0 Å². The van der Waals surface area contributed by atoms with E-state index in [1.54, 1.807) is 0 Å². The molecule has 0 aliphatic heterocycles. The SMILES string of the molecule is CCOC1CC(NCc2ccn(C)c2)C1(C)C. The third kappa shape index (κ3) is 2.55. The van der Waals surface area contributed by atoms with E-state index in [1.807, 2.05) is 0 Å². The molecule has 1 aliphatic carbocycles. The van der Waals surface area contributed by atoms with Gasteiger partial charge in [0.2, 0.25) is 0 Å². The zero-order valence-corrected chi connectivity index (χ0v) is 11.4. The Morgan fingerprint density at radius 3 is 2.82 bits per heavy atom. The molecule has 96 valence electrons. The van der Waals surface area contributed by atoms with Crippen LogP contribution >= 0.6 is 0 Å². The summed E-state index contributed by atoms with van der Waals surface area (Å²) in [6.45, 7) is 8.42. The Hall–Kier alpha value is -0.800. The first-order valence-electron chi connectivity index (χ1n) is 6.50.